The SMILES string of the molecule is C=C/C(=C\C(=C/C)c1cc2c(-c3nc4c(-c5ccc(F)s5)cncc4[nH]3)n[nH]c2cn1)CN1CCC(F)(F)C1. The monoisotopic (exact) mass is 547 g/mol. The molecule has 6 heterocycles. The van der Waals surface area contributed by atoms with Crippen molar-refractivity contribution in [1.82, 2.24) is 35.0 Å². The number of pyridine rings is 2. The molecule has 5 aromatic rings. The van der Waals surface area contributed by atoms with Gasteiger partial charge in [-0.15, -0.1) is 11.3 Å². The van der Waals surface area contributed by atoms with Crippen molar-refractivity contribution in [3.05, 3.63) is 78.0 Å². The molecular weight excluding hydrogens is 523 g/mol. The van der Waals surface area contributed by atoms with E-state index in [-0.39, 0.29) is 18.1 Å². The van der Waals surface area contributed by atoms with Crippen LogP contribution >= 0.6 is 11.3 Å². The number of aromatic nitrogens is 6. The maximum atomic E-state index is 13.7. The molecule has 0 unspecified atom stereocenters. The number of thiophene rings is 1. The van der Waals surface area contributed by atoms with Crippen molar-refractivity contribution < 1.29 is 13.2 Å². The zero-order valence-corrected chi connectivity index (χ0v) is 21.8. The number of likely N-dealkylation sites (tertiary alicyclic amines) is 1. The van der Waals surface area contributed by atoms with E-state index in [1.807, 2.05) is 25.1 Å². The van der Waals surface area contributed by atoms with Crippen LogP contribution in [0.3, 0.4) is 0 Å². The number of H-pyrrole nitrogens is 2. The highest BCUT2D eigenvalue weighted by Gasteiger charge is 2.37. The molecule has 1 aliphatic heterocycles. The fraction of sp³-hybridized carbons (Fsp3) is 0.214. The molecular formula is C28H24F3N7S. The number of rotatable bonds is 7. The number of fused-ring (bicyclic) bond motifs is 2. The number of allylic oxidation sites excluding steroid dienone is 3. The smallest absolute Gasteiger partial charge is 0.261 e. The maximum absolute atomic E-state index is 13.7. The predicted octanol–water partition coefficient (Wildman–Crippen LogP) is 6.62. The van der Waals surface area contributed by atoms with E-state index in [1.54, 1.807) is 35.6 Å². The summed E-state index contributed by atoms with van der Waals surface area (Å²) in [6.07, 6.45) is 10.5. The minimum absolute atomic E-state index is 0.126. The third-order valence-electron chi connectivity index (χ3n) is 6.77. The highest BCUT2D eigenvalue weighted by molar-refractivity contribution is 7.14. The Balaban J connectivity index is 1.35. The molecule has 39 heavy (non-hydrogen) atoms. The molecule has 0 aromatic carbocycles. The van der Waals surface area contributed by atoms with E-state index in [0.717, 1.165) is 43.8 Å². The van der Waals surface area contributed by atoms with Crippen LogP contribution in [-0.4, -0.2) is 60.6 Å². The Hall–Kier alpha value is -4.09. The molecule has 0 aliphatic carbocycles. The summed E-state index contributed by atoms with van der Waals surface area (Å²) >= 11 is 1.04. The number of aromatic amines is 2. The number of halogens is 3. The van der Waals surface area contributed by atoms with Crippen LogP contribution in [0.5, 0.6) is 0 Å². The van der Waals surface area contributed by atoms with Crippen molar-refractivity contribution in [2.45, 2.75) is 19.3 Å². The first-order valence-corrected chi connectivity index (χ1v) is 13.2. The fourth-order valence-electron chi connectivity index (χ4n) is 4.81. The highest BCUT2D eigenvalue weighted by atomic mass is 32.1. The van der Waals surface area contributed by atoms with Crippen molar-refractivity contribution in [2.75, 3.05) is 19.6 Å². The average Bonchev–Trinajstić information content (AvgIpc) is 3.71. The van der Waals surface area contributed by atoms with Crippen LogP contribution in [0.25, 0.3) is 49.5 Å². The molecule has 2 N–H and O–H groups in total. The van der Waals surface area contributed by atoms with Gasteiger partial charge < -0.3 is 4.98 Å². The van der Waals surface area contributed by atoms with Gasteiger partial charge in [0.15, 0.2) is 11.0 Å². The van der Waals surface area contributed by atoms with Gasteiger partial charge in [0.2, 0.25) is 0 Å². The standard InChI is InChI=1S/C28H24F3N7S/c1-3-16(14-38-8-7-28(30,31)15-38)9-17(4-2)20-10-18-21(13-33-20)36-37-26(18)27-34-22-12-32-11-19(25(22)35-27)23-5-6-24(29)39-23/h3-6,9-13H,1,7-8,14-15H2,2H3,(H,34,35)(H,36,37)/b16-9+,17-4+. The molecule has 6 rings (SSSR count). The molecule has 198 valence electrons. The summed E-state index contributed by atoms with van der Waals surface area (Å²) in [6, 6.07) is 5.06. The third-order valence-corrected chi connectivity index (χ3v) is 7.68. The molecule has 0 saturated carbocycles. The quantitative estimate of drug-likeness (QED) is 0.224. The summed E-state index contributed by atoms with van der Waals surface area (Å²) in [5.41, 5.74) is 5.82. The largest absolute Gasteiger partial charge is 0.335 e. The van der Waals surface area contributed by atoms with E-state index < -0.39 is 5.92 Å². The van der Waals surface area contributed by atoms with E-state index in [4.69, 9.17) is 4.98 Å². The lowest BCUT2D eigenvalue weighted by molar-refractivity contribution is 0.0131. The summed E-state index contributed by atoms with van der Waals surface area (Å²) in [5.74, 6) is -2.10. The molecule has 1 fully saturated rings. The average molecular weight is 548 g/mol. The van der Waals surface area contributed by atoms with Crippen molar-refractivity contribution in [3.63, 3.8) is 0 Å². The van der Waals surface area contributed by atoms with Crippen LogP contribution in [0.4, 0.5) is 13.2 Å². The van der Waals surface area contributed by atoms with Gasteiger partial charge in [0.25, 0.3) is 5.92 Å². The Morgan fingerprint density at radius 1 is 1.23 bits per heavy atom. The number of hydrogen-bond acceptors (Lipinski definition) is 6. The van der Waals surface area contributed by atoms with Gasteiger partial charge in [0.05, 0.1) is 35.7 Å². The lowest BCUT2D eigenvalue weighted by Crippen LogP contribution is -2.26. The molecule has 0 spiro atoms. The van der Waals surface area contributed by atoms with Gasteiger partial charge in [-0.1, -0.05) is 18.7 Å². The van der Waals surface area contributed by atoms with Crippen LogP contribution in [0.2, 0.25) is 0 Å². The normalized spacial score (nSPS) is 16.5. The highest BCUT2D eigenvalue weighted by Crippen LogP contribution is 2.34. The summed E-state index contributed by atoms with van der Waals surface area (Å²) in [4.78, 5) is 19.4. The molecule has 5 aromatic heterocycles. The molecule has 7 nitrogen and oxygen atoms in total. The zero-order chi connectivity index (χ0) is 27.1. The van der Waals surface area contributed by atoms with Gasteiger partial charge in [-0.3, -0.25) is 20.0 Å². The Morgan fingerprint density at radius 3 is 2.82 bits per heavy atom. The van der Waals surface area contributed by atoms with Gasteiger partial charge in [-0.25, -0.2) is 13.8 Å². The summed E-state index contributed by atoms with van der Waals surface area (Å²) in [5, 5.41) is 8.03. The molecule has 0 atom stereocenters. The van der Waals surface area contributed by atoms with Crippen molar-refractivity contribution in [1.29, 1.82) is 0 Å². The minimum Gasteiger partial charge on any atom is -0.335 e. The van der Waals surface area contributed by atoms with E-state index in [1.165, 1.54) is 6.07 Å². The first-order chi connectivity index (χ1) is 18.8. The maximum Gasteiger partial charge on any atom is 0.261 e. The fourth-order valence-corrected chi connectivity index (χ4v) is 5.56. The molecule has 0 radical (unpaired) electrons. The Bertz CT molecular complexity index is 1760. The van der Waals surface area contributed by atoms with Gasteiger partial charge in [0, 0.05) is 41.5 Å². The Kier molecular flexibility index (Phi) is 6.40. The van der Waals surface area contributed by atoms with Crippen LogP contribution in [0.1, 0.15) is 19.0 Å². The zero-order valence-electron chi connectivity index (χ0n) is 21.0. The van der Waals surface area contributed by atoms with Crippen molar-refractivity contribution in [3.8, 4) is 22.0 Å². The van der Waals surface area contributed by atoms with Crippen LogP contribution in [0.15, 0.2) is 67.2 Å². The molecule has 0 bridgehead atoms. The molecule has 0 amide bonds. The Labute approximate surface area is 225 Å². The first-order valence-electron chi connectivity index (χ1n) is 12.4. The number of nitrogens with zero attached hydrogens (tertiary/aromatic N) is 5. The second-order valence-corrected chi connectivity index (χ2v) is 10.5. The topological polar surface area (TPSA) is 86.4 Å². The minimum atomic E-state index is -2.65. The Morgan fingerprint density at radius 2 is 2.10 bits per heavy atom. The van der Waals surface area contributed by atoms with E-state index in [9.17, 15) is 13.2 Å². The van der Waals surface area contributed by atoms with E-state index >= 15 is 0 Å². The predicted molar refractivity (Wildman–Crippen MR) is 148 cm³/mol. The third kappa shape index (κ3) is 4.90. The van der Waals surface area contributed by atoms with E-state index in [2.05, 4.69) is 31.7 Å². The number of nitrogens with one attached hydrogen (secondary N) is 2. The van der Waals surface area contributed by atoms with Crippen LogP contribution in [0, 0.1) is 5.13 Å². The summed E-state index contributed by atoms with van der Waals surface area (Å²) in [7, 11) is 0. The number of imidazole rings is 1. The van der Waals surface area contributed by atoms with Gasteiger partial charge in [0.1, 0.15) is 11.2 Å². The van der Waals surface area contributed by atoms with Gasteiger partial charge >= 0.3 is 0 Å². The van der Waals surface area contributed by atoms with Crippen molar-refractivity contribution >= 4 is 38.8 Å². The lowest BCUT2D eigenvalue weighted by atomic mass is 10.1. The van der Waals surface area contributed by atoms with Crippen LogP contribution in [-0.2, 0) is 0 Å². The second-order valence-electron chi connectivity index (χ2n) is 9.44. The first kappa shape index (κ1) is 25.2. The number of alkyl halides is 2. The van der Waals surface area contributed by atoms with Crippen molar-refractivity contribution in [2.24, 2.45) is 0 Å². The second kappa shape index (κ2) is 9.90. The van der Waals surface area contributed by atoms with E-state index in [0.29, 0.717) is 41.3 Å². The lowest BCUT2D eigenvalue weighted by Gasteiger charge is -2.16. The van der Waals surface area contributed by atoms with Crippen LogP contribution < -0.4 is 0 Å². The van der Waals surface area contributed by atoms with Gasteiger partial charge in [-0.2, -0.15) is 9.49 Å². The number of hydrogen-bond donors (Lipinski definition) is 2. The van der Waals surface area contributed by atoms with Gasteiger partial charge in [-0.05, 0) is 42.3 Å². The molecule has 1 saturated heterocycles. The summed E-state index contributed by atoms with van der Waals surface area (Å²) < 4.78 is 41.0. The molecule has 11 heteroatoms. The summed E-state index contributed by atoms with van der Waals surface area (Å²) in [6.45, 7) is 6.28. The molecule has 1 aliphatic rings.